The van der Waals surface area contributed by atoms with E-state index in [1.54, 1.807) is 24.4 Å². The number of anilines is 1. The zero-order chi connectivity index (χ0) is 12.0. The minimum absolute atomic E-state index is 0.414. The Labute approximate surface area is 93.2 Å². The number of carboxylic acid groups (broad SMARTS) is 1. The van der Waals surface area contributed by atoms with Crippen LogP contribution in [0.25, 0.3) is 0 Å². The molecule has 0 spiro atoms. The lowest BCUT2D eigenvalue weighted by Gasteiger charge is -2.15. The third kappa shape index (κ3) is 3.25. The summed E-state index contributed by atoms with van der Waals surface area (Å²) in [4.78, 5) is 14.7. The normalized spacial score (nSPS) is 11.6. The first-order valence-electron chi connectivity index (χ1n) is 4.70. The molecular weight excluding hydrogens is 208 g/mol. The first-order valence-corrected chi connectivity index (χ1v) is 4.70. The van der Waals surface area contributed by atoms with Gasteiger partial charge in [-0.25, -0.2) is 4.79 Å². The first-order chi connectivity index (χ1) is 7.67. The Bertz CT molecular complexity index is 381. The highest BCUT2D eigenvalue weighted by molar-refractivity contribution is 5.65. The molecule has 1 rings (SSSR count). The number of aromatic nitrogens is 1. The van der Waals surface area contributed by atoms with E-state index in [1.807, 2.05) is 0 Å². The molecule has 1 amide bonds. The number of rotatable bonds is 5. The van der Waals surface area contributed by atoms with Crippen molar-refractivity contribution in [2.45, 2.75) is 12.5 Å². The summed E-state index contributed by atoms with van der Waals surface area (Å²) in [5, 5.41) is 11.0. The molecule has 0 aliphatic heterocycles. The van der Waals surface area contributed by atoms with E-state index in [-0.39, 0.29) is 0 Å². The minimum Gasteiger partial charge on any atom is -0.465 e. The van der Waals surface area contributed by atoms with Crippen LogP contribution in [0.1, 0.15) is 18.2 Å². The molecule has 0 bridgehead atoms. The molecular formula is C10H14N4O2. The molecule has 16 heavy (non-hydrogen) atoms. The molecule has 1 heterocycles. The summed E-state index contributed by atoms with van der Waals surface area (Å²) in [6, 6.07) is 2.96. The smallest absolute Gasteiger partial charge is 0.405 e. The lowest BCUT2D eigenvalue weighted by atomic mass is 10.1. The van der Waals surface area contributed by atoms with Crippen LogP contribution in [0.4, 0.5) is 10.5 Å². The van der Waals surface area contributed by atoms with Gasteiger partial charge >= 0.3 is 6.09 Å². The van der Waals surface area contributed by atoms with Crippen molar-refractivity contribution in [2.75, 3.05) is 5.43 Å². The van der Waals surface area contributed by atoms with Crippen molar-refractivity contribution in [1.82, 2.24) is 10.3 Å². The number of hydrogen-bond donors (Lipinski definition) is 4. The van der Waals surface area contributed by atoms with E-state index in [1.165, 1.54) is 0 Å². The zero-order valence-corrected chi connectivity index (χ0v) is 8.68. The van der Waals surface area contributed by atoms with Crippen LogP contribution in [0, 0.1) is 0 Å². The van der Waals surface area contributed by atoms with Gasteiger partial charge < -0.3 is 15.8 Å². The second kappa shape index (κ2) is 5.72. The molecule has 1 aromatic heterocycles. The third-order valence-corrected chi connectivity index (χ3v) is 2.00. The number of nitrogens with zero attached hydrogens (tertiary/aromatic N) is 1. The maximum Gasteiger partial charge on any atom is 0.405 e. The van der Waals surface area contributed by atoms with E-state index in [4.69, 9.17) is 10.9 Å². The Morgan fingerprint density at radius 1 is 1.75 bits per heavy atom. The Balaban J connectivity index is 2.90. The third-order valence-electron chi connectivity index (χ3n) is 2.00. The number of nitrogen functional groups attached to an aromatic ring is 1. The van der Waals surface area contributed by atoms with Gasteiger partial charge in [-0.05, 0) is 18.6 Å². The number of hydrazine groups is 1. The van der Waals surface area contributed by atoms with Crippen LogP contribution < -0.4 is 16.6 Å². The van der Waals surface area contributed by atoms with Crippen molar-refractivity contribution in [1.29, 1.82) is 0 Å². The van der Waals surface area contributed by atoms with Crippen molar-refractivity contribution >= 4 is 11.8 Å². The van der Waals surface area contributed by atoms with E-state index < -0.39 is 12.1 Å². The summed E-state index contributed by atoms with van der Waals surface area (Å²) in [5.74, 6) is 5.26. The first kappa shape index (κ1) is 12.0. The summed E-state index contributed by atoms with van der Waals surface area (Å²) in [6.07, 6.45) is 2.56. The van der Waals surface area contributed by atoms with Crippen LogP contribution in [-0.4, -0.2) is 16.2 Å². The van der Waals surface area contributed by atoms with Crippen molar-refractivity contribution in [3.63, 3.8) is 0 Å². The molecule has 0 aliphatic rings. The molecule has 6 nitrogen and oxygen atoms in total. The summed E-state index contributed by atoms with van der Waals surface area (Å²) in [7, 11) is 0. The van der Waals surface area contributed by atoms with Crippen LogP contribution in [0.3, 0.4) is 0 Å². The second-order valence-corrected chi connectivity index (χ2v) is 3.14. The van der Waals surface area contributed by atoms with Gasteiger partial charge in [-0.2, -0.15) is 0 Å². The molecule has 0 aromatic carbocycles. The van der Waals surface area contributed by atoms with E-state index in [0.717, 1.165) is 0 Å². The average molecular weight is 222 g/mol. The molecule has 0 fully saturated rings. The molecule has 5 N–H and O–H groups in total. The molecule has 1 aromatic rings. The topological polar surface area (TPSA) is 100 Å². The van der Waals surface area contributed by atoms with E-state index >= 15 is 0 Å². The fourth-order valence-corrected chi connectivity index (χ4v) is 1.30. The highest BCUT2D eigenvalue weighted by Crippen LogP contribution is 2.17. The maximum atomic E-state index is 10.6. The Morgan fingerprint density at radius 2 is 2.50 bits per heavy atom. The number of carbonyl (C=O) groups is 1. The molecule has 1 atom stereocenters. The number of hydrogen-bond acceptors (Lipinski definition) is 4. The summed E-state index contributed by atoms with van der Waals surface area (Å²) in [6.45, 7) is 3.57. The van der Waals surface area contributed by atoms with Gasteiger partial charge in [-0.3, -0.25) is 10.8 Å². The van der Waals surface area contributed by atoms with Gasteiger partial charge in [0.25, 0.3) is 0 Å². The van der Waals surface area contributed by atoms with E-state index in [2.05, 4.69) is 22.3 Å². The highest BCUT2D eigenvalue weighted by atomic mass is 16.4. The lowest BCUT2D eigenvalue weighted by molar-refractivity contribution is 0.189. The molecule has 1 unspecified atom stereocenters. The summed E-state index contributed by atoms with van der Waals surface area (Å²) < 4.78 is 0. The van der Waals surface area contributed by atoms with Crippen LogP contribution in [-0.2, 0) is 0 Å². The Morgan fingerprint density at radius 3 is 3.06 bits per heavy atom. The highest BCUT2D eigenvalue weighted by Gasteiger charge is 2.13. The van der Waals surface area contributed by atoms with Gasteiger partial charge in [0.2, 0.25) is 0 Å². The molecule has 0 radical (unpaired) electrons. The molecule has 0 aliphatic carbocycles. The van der Waals surface area contributed by atoms with Crippen molar-refractivity contribution in [2.24, 2.45) is 5.84 Å². The standard InChI is InChI=1S/C10H14N4O2/c1-2-3-8(13-10(15)16)9-6-7(14-11)4-5-12-9/h2,4-6,8,13H,1,3,11H2,(H,12,14)(H,15,16). The van der Waals surface area contributed by atoms with Crippen molar-refractivity contribution in [3.8, 4) is 0 Å². The Kier molecular flexibility index (Phi) is 4.28. The lowest BCUT2D eigenvalue weighted by Crippen LogP contribution is -2.27. The summed E-state index contributed by atoms with van der Waals surface area (Å²) >= 11 is 0. The molecule has 6 heteroatoms. The van der Waals surface area contributed by atoms with Gasteiger partial charge in [0.05, 0.1) is 17.4 Å². The maximum absolute atomic E-state index is 10.6. The fraction of sp³-hybridized carbons (Fsp3) is 0.200. The largest absolute Gasteiger partial charge is 0.465 e. The Hall–Kier alpha value is -2.08. The van der Waals surface area contributed by atoms with Crippen molar-refractivity contribution < 1.29 is 9.90 Å². The summed E-state index contributed by atoms with van der Waals surface area (Å²) in [5.41, 5.74) is 3.74. The average Bonchev–Trinajstić information content (AvgIpc) is 2.28. The number of pyridine rings is 1. The van der Waals surface area contributed by atoms with Crippen LogP contribution in [0.2, 0.25) is 0 Å². The number of amides is 1. The monoisotopic (exact) mass is 222 g/mol. The van der Waals surface area contributed by atoms with Crippen LogP contribution in [0.15, 0.2) is 31.0 Å². The number of nitrogens with two attached hydrogens (primary N) is 1. The SMILES string of the molecule is C=CCC(NC(=O)O)c1cc(NN)ccn1. The van der Waals surface area contributed by atoms with Crippen LogP contribution in [0.5, 0.6) is 0 Å². The van der Waals surface area contributed by atoms with Gasteiger partial charge in [-0.15, -0.1) is 6.58 Å². The predicted molar refractivity (Wildman–Crippen MR) is 60.8 cm³/mol. The predicted octanol–water partition coefficient (Wildman–Crippen LogP) is 1.25. The van der Waals surface area contributed by atoms with Crippen LogP contribution >= 0.6 is 0 Å². The fourth-order valence-electron chi connectivity index (χ4n) is 1.30. The van der Waals surface area contributed by atoms with Gasteiger partial charge in [0.15, 0.2) is 0 Å². The number of nitrogens with one attached hydrogen (secondary N) is 2. The van der Waals surface area contributed by atoms with E-state index in [9.17, 15) is 4.79 Å². The van der Waals surface area contributed by atoms with Gasteiger partial charge in [-0.1, -0.05) is 6.08 Å². The molecule has 0 saturated carbocycles. The molecule has 86 valence electrons. The second-order valence-electron chi connectivity index (χ2n) is 3.14. The minimum atomic E-state index is -1.10. The molecule has 0 saturated heterocycles. The quantitative estimate of drug-likeness (QED) is 0.341. The van der Waals surface area contributed by atoms with Crippen molar-refractivity contribution in [3.05, 3.63) is 36.7 Å². The van der Waals surface area contributed by atoms with E-state index in [0.29, 0.717) is 17.8 Å². The van der Waals surface area contributed by atoms with Gasteiger partial charge in [0, 0.05) is 6.20 Å². The van der Waals surface area contributed by atoms with Gasteiger partial charge in [0.1, 0.15) is 0 Å². The zero-order valence-electron chi connectivity index (χ0n) is 8.68.